The van der Waals surface area contributed by atoms with E-state index in [-0.39, 0.29) is 0 Å². The summed E-state index contributed by atoms with van der Waals surface area (Å²) < 4.78 is 0. The number of hydrogen-bond acceptors (Lipinski definition) is 3. The number of aldehydes is 1. The molecule has 16 heavy (non-hydrogen) atoms. The molecule has 1 aromatic heterocycles. The Bertz CT molecular complexity index is 431. The first-order valence-corrected chi connectivity index (χ1v) is 6.95. The lowest BCUT2D eigenvalue weighted by atomic mass is 10.2. The van der Waals surface area contributed by atoms with Crippen LogP contribution >= 0.6 is 23.1 Å². The molecule has 3 heteroatoms. The zero-order chi connectivity index (χ0) is 11.2. The predicted molar refractivity (Wildman–Crippen MR) is 70.6 cm³/mol. The van der Waals surface area contributed by atoms with E-state index in [1.54, 1.807) is 11.3 Å². The third-order valence-corrected chi connectivity index (χ3v) is 4.16. The van der Waals surface area contributed by atoms with E-state index in [4.69, 9.17) is 0 Å². The number of thioether (sulfide) groups is 1. The Morgan fingerprint density at radius 2 is 2.00 bits per heavy atom. The van der Waals surface area contributed by atoms with Gasteiger partial charge >= 0.3 is 0 Å². The molecule has 0 radical (unpaired) electrons. The van der Waals surface area contributed by atoms with Crippen molar-refractivity contribution in [3.63, 3.8) is 0 Å². The highest BCUT2D eigenvalue weighted by atomic mass is 32.2. The van der Waals surface area contributed by atoms with Gasteiger partial charge in [-0.05, 0) is 30.0 Å². The van der Waals surface area contributed by atoms with Crippen LogP contribution in [0.15, 0.2) is 46.7 Å². The molecule has 1 aromatic carbocycles. The number of carbonyl (C=O) groups is 1. The molecule has 0 aliphatic rings. The van der Waals surface area contributed by atoms with Crippen molar-refractivity contribution >= 4 is 29.4 Å². The Morgan fingerprint density at radius 3 is 2.62 bits per heavy atom. The van der Waals surface area contributed by atoms with Crippen LogP contribution < -0.4 is 0 Å². The minimum Gasteiger partial charge on any atom is -0.298 e. The molecule has 0 fully saturated rings. The summed E-state index contributed by atoms with van der Waals surface area (Å²) in [4.78, 5) is 13.1. The van der Waals surface area contributed by atoms with Crippen LogP contribution in [0.5, 0.6) is 0 Å². The van der Waals surface area contributed by atoms with Crippen LogP contribution in [-0.2, 0) is 6.42 Å². The lowest BCUT2D eigenvalue weighted by Gasteiger charge is -2.00. The van der Waals surface area contributed by atoms with Crippen molar-refractivity contribution in [1.82, 2.24) is 0 Å². The van der Waals surface area contributed by atoms with Crippen molar-refractivity contribution in [3.05, 3.63) is 52.2 Å². The van der Waals surface area contributed by atoms with Gasteiger partial charge in [0.15, 0.2) is 0 Å². The number of benzene rings is 1. The van der Waals surface area contributed by atoms with Crippen molar-refractivity contribution in [3.8, 4) is 0 Å². The van der Waals surface area contributed by atoms with Crippen molar-refractivity contribution in [2.75, 3.05) is 5.75 Å². The van der Waals surface area contributed by atoms with Gasteiger partial charge in [0, 0.05) is 21.1 Å². The number of thiophene rings is 1. The molecule has 0 saturated carbocycles. The molecule has 2 aromatic rings. The average molecular weight is 248 g/mol. The predicted octanol–water partition coefficient (Wildman–Crippen LogP) is 3.90. The topological polar surface area (TPSA) is 17.1 Å². The highest BCUT2D eigenvalue weighted by Crippen LogP contribution is 2.20. The summed E-state index contributed by atoms with van der Waals surface area (Å²) in [5, 5.41) is 2.11. The first-order chi connectivity index (χ1) is 7.88. The van der Waals surface area contributed by atoms with Crippen molar-refractivity contribution in [2.45, 2.75) is 11.3 Å². The Morgan fingerprint density at radius 1 is 1.19 bits per heavy atom. The summed E-state index contributed by atoms with van der Waals surface area (Å²) >= 11 is 3.63. The molecule has 0 bridgehead atoms. The SMILES string of the molecule is O=Cc1ccc(SCCc2cccs2)cc1. The molecule has 2 rings (SSSR count). The molecule has 0 spiro atoms. The van der Waals surface area contributed by atoms with Crippen molar-refractivity contribution in [2.24, 2.45) is 0 Å². The van der Waals surface area contributed by atoms with Crippen LogP contribution in [0, 0.1) is 0 Å². The van der Waals surface area contributed by atoms with Gasteiger partial charge in [-0.25, -0.2) is 0 Å². The monoisotopic (exact) mass is 248 g/mol. The van der Waals surface area contributed by atoms with Gasteiger partial charge in [0.25, 0.3) is 0 Å². The summed E-state index contributed by atoms with van der Waals surface area (Å²) in [6, 6.07) is 12.0. The fourth-order valence-corrected chi connectivity index (χ4v) is 3.09. The Kier molecular flexibility index (Phi) is 4.19. The summed E-state index contributed by atoms with van der Waals surface area (Å²) in [7, 11) is 0. The summed E-state index contributed by atoms with van der Waals surface area (Å²) in [5.74, 6) is 1.08. The normalized spacial score (nSPS) is 10.2. The van der Waals surface area contributed by atoms with E-state index in [1.165, 1.54) is 9.77 Å². The molecular weight excluding hydrogens is 236 g/mol. The van der Waals surface area contributed by atoms with E-state index in [9.17, 15) is 4.79 Å². The second-order valence-corrected chi connectivity index (χ2v) is 5.57. The van der Waals surface area contributed by atoms with Crippen molar-refractivity contribution < 1.29 is 4.79 Å². The van der Waals surface area contributed by atoms with Crippen LogP contribution in [-0.4, -0.2) is 12.0 Å². The first kappa shape index (κ1) is 11.4. The summed E-state index contributed by atoms with van der Waals surface area (Å²) in [6.45, 7) is 0. The second kappa shape index (κ2) is 5.87. The minimum absolute atomic E-state index is 0.739. The van der Waals surface area contributed by atoms with Crippen LogP contribution in [0.3, 0.4) is 0 Å². The molecule has 1 nitrogen and oxygen atoms in total. The number of aryl methyl sites for hydroxylation is 1. The van der Waals surface area contributed by atoms with Crippen LogP contribution in [0.1, 0.15) is 15.2 Å². The molecule has 1 heterocycles. The van der Waals surface area contributed by atoms with Gasteiger partial charge in [0.2, 0.25) is 0 Å². The van der Waals surface area contributed by atoms with E-state index < -0.39 is 0 Å². The highest BCUT2D eigenvalue weighted by Gasteiger charge is 1.97. The summed E-state index contributed by atoms with van der Waals surface area (Å²) in [5.41, 5.74) is 0.739. The third kappa shape index (κ3) is 3.22. The number of hydrogen-bond donors (Lipinski definition) is 0. The second-order valence-electron chi connectivity index (χ2n) is 3.36. The number of carbonyl (C=O) groups excluding carboxylic acids is 1. The number of rotatable bonds is 5. The minimum atomic E-state index is 0.739. The molecule has 0 aliphatic carbocycles. The first-order valence-electron chi connectivity index (χ1n) is 5.09. The van der Waals surface area contributed by atoms with Gasteiger partial charge in [-0.1, -0.05) is 18.2 Å². The molecule has 0 N–H and O–H groups in total. The van der Waals surface area contributed by atoms with Gasteiger partial charge in [-0.2, -0.15) is 0 Å². The van der Waals surface area contributed by atoms with Gasteiger partial charge < -0.3 is 0 Å². The zero-order valence-electron chi connectivity index (χ0n) is 8.76. The smallest absolute Gasteiger partial charge is 0.150 e. The van der Waals surface area contributed by atoms with Gasteiger partial charge in [-0.3, -0.25) is 4.79 Å². The Balaban J connectivity index is 1.83. The average Bonchev–Trinajstić information content (AvgIpc) is 2.83. The quantitative estimate of drug-likeness (QED) is 0.590. The van der Waals surface area contributed by atoms with Crippen LogP contribution in [0.2, 0.25) is 0 Å². The lowest BCUT2D eigenvalue weighted by Crippen LogP contribution is -1.85. The fraction of sp³-hybridized carbons (Fsp3) is 0.154. The third-order valence-electron chi connectivity index (χ3n) is 2.21. The maximum atomic E-state index is 10.5. The molecule has 0 unspecified atom stereocenters. The van der Waals surface area contributed by atoms with Crippen LogP contribution in [0.4, 0.5) is 0 Å². The summed E-state index contributed by atoms with van der Waals surface area (Å²) in [6.07, 6.45) is 1.98. The van der Waals surface area contributed by atoms with E-state index in [1.807, 2.05) is 36.0 Å². The molecule has 0 atom stereocenters. The van der Waals surface area contributed by atoms with E-state index in [0.717, 1.165) is 24.0 Å². The standard InChI is InChI=1S/C13H12OS2/c14-10-11-3-5-13(6-4-11)16-9-7-12-2-1-8-15-12/h1-6,8,10H,7,9H2. The Labute approximate surface area is 104 Å². The van der Waals surface area contributed by atoms with Gasteiger partial charge in [-0.15, -0.1) is 23.1 Å². The van der Waals surface area contributed by atoms with E-state index >= 15 is 0 Å². The fourth-order valence-electron chi connectivity index (χ4n) is 1.37. The Hall–Kier alpha value is -1.06. The highest BCUT2D eigenvalue weighted by molar-refractivity contribution is 7.99. The molecule has 82 valence electrons. The van der Waals surface area contributed by atoms with Crippen molar-refractivity contribution in [1.29, 1.82) is 0 Å². The lowest BCUT2D eigenvalue weighted by molar-refractivity contribution is 0.112. The maximum absolute atomic E-state index is 10.5. The maximum Gasteiger partial charge on any atom is 0.150 e. The molecular formula is C13H12OS2. The van der Waals surface area contributed by atoms with Gasteiger partial charge in [0.05, 0.1) is 0 Å². The zero-order valence-corrected chi connectivity index (χ0v) is 10.4. The molecule has 0 amide bonds. The molecule has 0 aliphatic heterocycles. The van der Waals surface area contributed by atoms with Gasteiger partial charge in [0.1, 0.15) is 6.29 Å². The van der Waals surface area contributed by atoms with E-state index in [0.29, 0.717) is 0 Å². The van der Waals surface area contributed by atoms with Crippen LogP contribution in [0.25, 0.3) is 0 Å². The largest absolute Gasteiger partial charge is 0.298 e. The van der Waals surface area contributed by atoms with E-state index in [2.05, 4.69) is 17.5 Å². The molecule has 0 saturated heterocycles.